The molecular weight excluding hydrogens is 552 g/mol. The molecule has 8 heteroatoms. The minimum atomic E-state index is -1.33. The van der Waals surface area contributed by atoms with Crippen molar-refractivity contribution in [2.75, 3.05) is 4.90 Å². The summed E-state index contributed by atoms with van der Waals surface area (Å²) in [5.74, 6) is -4.11. The quantitative estimate of drug-likeness (QED) is 0.331. The van der Waals surface area contributed by atoms with E-state index >= 15 is 4.79 Å². The lowest BCUT2D eigenvalue weighted by molar-refractivity contribution is -0.128. The average molecular weight is 581 g/mol. The fourth-order valence-corrected chi connectivity index (χ4v) is 8.37. The summed E-state index contributed by atoms with van der Waals surface area (Å²) in [4.78, 5) is 56.8. The highest BCUT2D eigenvalue weighted by molar-refractivity contribution is 6.32. The molecule has 3 aromatic rings. The molecule has 42 heavy (non-hydrogen) atoms. The van der Waals surface area contributed by atoms with Crippen LogP contribution in [0.3, 0.4) is 0 Å². The van der Waals surface area contributed by atoms with Crippen LogP contribution in [0.1, 0.15) is 41.0 Å². The maximum Gasteiger partial charge on any atom is 0.246 e. The molecule has 1 saturated carbocycles. The van der Waals surface area contributed by atoms with E-state index in [0.29, 0.717) is 33.8 Å². The number of anilines is 1. The Balaban J connectivity index is 1.54. The summed E-state index contributed by atoms with van der Waals surface area (Å²) in [5.41, 5.74) is 2.74. The molecule has 6 atom stereocenters. The minimum absolute atomic E-state index is 0.171. The Morgan fingerprint density at radius 3 is 2.31 bits per heavy atom. The zero-order chi connectivity index (χ0) is 29.5. The molecule has 3 fully saturated rings. The van der Waals surface area contributed by atoms with E-state index in [1.54, 1.807) is 24.3 Å². The van der Waals surface area contributed by atoms with Crippen LogP contribution in [-0.2, 0) is 24.6 Å². The van der Waals surface area contributed by atoms with Gasteiger partial charge in [0, 0.05) is 10.9 Å². The number of amides is 4. The molecular formula is C34H29ClN2O5. The number of halogens is 1. The molecule has 4 aliphatic rings. The standard InChI is InChI=1S/C34H29ClN2O5/c1-17-13-19(14-18(2)29(17)38)28-23-11-12-24-27(31(40)36-30(24)39)25(23)16-26-32(41)37(22-10-6-9-21(35)15-22)33(42)34(26,28)20-7-4-3-5-8-20/h3-11,13-15,24-28,38H,12,16H2,1-2H3,(H,36,39,40)/t24-,25+,26-,27-,28-,34+/m0/s1. The number of phenolic OH excluding ortho intramolecular Hbond substituents is 1. The van der Waals surface area contributed by atoms with Gasteiger partial charge in [0.1, 0.15) is 5.75 Å². The maximum absolute atomic E-state index is 15.1. The predicted molar refractivity (Wildman–Crippen MR) is 157 cm³/mol. The lowest BCUT2D eigenvalue weighted by Crippen LogP contribution is -2.53. The van der Waals surface area contributed by atoms with Crippen LogP contribution >= 0.6 is 11.6 Å². The summed E-state index contributed by atoms with van der Waals surface area (Å²) in [5, 5.41) is 13.6. The molecule has 0 bridgehead atoms. The normalized spacial score (nSPS) is 30.0. The van der Waals surface area contributed by atoms with Gasteiger partial charge in [0.2, 0.25) is 23.6 Å². The number of hydrogen-bond donors (Lipinski definition) is 2. The third-order valence-corrected chi connectivity index (χ3v) is 10.1. The Kier molecular flexibility index (Phi) is 5.96. The lowest BCUT2D eigenvalue weighted by atomic mass is 9.49. The summed E-state index contributed by atoms with van der Waals surface area (Å²) in [7, 11) is 0. The molecule has 2 N–H and O–H groups in total. The topological polar surface area (TPSA) is 104 Å². The van der Waals surface area contributed by atoms with E-state index in [-0.39, 0.29) is 35.8 Å². The van der Waals surface area contributed by atoms with Crippen LogP contribution in [-0.4, -0.2) is 28.7 Å². The number of benzene rings is 3. The third-order valence-electron chi connectivity index (χ3n) is 9.86. The largest absolute Gasteiger partial charge is 0.507 e. The van der Waals surface area contributed by atoms with Gasteiger partial charge in [-0.25, -0.2) is 4.90 Å². The van der Waals surface area contributed by atoms with Gasteiger partial charge in [0.25, 0.3) is 0 Å². The van der Waals surface area contributed by atoms with Gasteiger partial charge in [-0.1, -0.05) is 71.8 Å². The number of carbonyl (C=O) groups is 4. The number of hydrogen-bond acceptors (Lipinski definition) is 5. The Hall–Kier alpha value is -4.23. The first-order valence-electron chi connectivity index (χ1n) is 14.2. The molecule has 4 amide bonds. The van der Waals surface area contributed by atoms with Crippen LogP contribution in [0, 0.1) is 37.5 Å². The molecule has 2 saturated heterocycles. The highest BCUT2D eigenvalue weighted by Crippen LogP contribution is 2.64. The van der Waals surface area contributed by atoms with Gasteiger partial charge in [0.15, 0.2) is 0 Å². The SMILES string of the molecule is Cc1cc([C@H]2C3=CC[C@@H]4C(=O)NC(=O)[C@@H]4[C@@H]3C[C@H]3C(=O)N(c4cccc(Cl)c4)C(=O)[C@@]23c2ccccc2)cc(C)c1O. The van der Waals surface area contributed by atoms with Gasteiger partial charge in [-0.2, -0.15) is 0 Å². The number of carbonyl (C=O) groups excluding carboxylic acids is 4. The fourth-order valence-electron chi connectivity index (χ4n) is 8.19. The molecule has 7 rings (SSSR count). The van der Waals surface area contributed by atoms with Gasteiger partial charge >= 0.3 is 0 Å². The monoisotopic (exact) mass is 580 g/mol. The van der Waals surface area contributed by atoms with Gasteiger partial charge in [-0.3, -0.25) is 24.5 Å². The number of rotatable bonds is 3. The van der Waals surface area contributed by atoms with Crippen molar-refractivity contribution in [1.29, 1.82) is 0 Å². The van der Waals surface area contributed by atoms with Gasteiger partial charge in [-0.05, 0) is 73.1 Å². The molecule has 2 aliphatic heterocycles. The second-order valence-corrected chi connectivity index (χ2v) is 12.4. The second kappa shape index (κ2) is 9.39. The minimum Gasteiger partial charge on any atom is -0.507 e. The molecule has 0 unspecified atom stereocenters. The summed E-state index contributed by atoms with van der Waals surface area (Å²) in [6.07, 6.45) is 2.64. The van der Waals surface area contributed by atoms with E-state index in [1.165, 1.54) is 4.90 Å². The first-order chi connectivity index (χ1) is 20.1. The Morgan fingerprint density at radius 2 is 1.62 bits per heavy atom. The first kappa shape index (κ1) is 26.7. The van der Waals surface area contributed by atoms with Crippen LogP contribution < -0.4 is 10.2 Å². The molecule has 2 aliphatic carbocycles. The number of allylic oxidation sites excluding steroid dienone is 2. The van der Waals surface area contributed by atoms with Crippen LogP contribution in [0.4, 0.5) is 5.69 Å². The van der Waals surface area contributed by atoms with E-state index in [1.807, 2.05) is 62.4 Å². The number of aryl methyl sites for hydroxylation is 2. The van der Waals surface area contributed by atoms with Crippen molar-refractivity contribution in [2.24, 2.45) is 23.7 Å². The highest BCUT2D eigenvalue weighted by Gasteiger charge is 2.69. The summed E-state index contributed by atoms with van der Waals surface area (Å²) in [6, 6.07) is 19.9. The third kappa shape index (κ3) is 3.52. The van der Waals surface area contributed by atoms with Crippen molar-refractivity contribution in [3.05, 3.63) is 106 Å². The van der Waals surface area contributed by atoms with E-state index in [0.717, 1.165) is 11.1 Å². The zero-order valence-electron chi connectivity index (χ0n) is 23.1. The second-order valence-electron chi connectivity index (χ2n) is 12.0. The summed E-state index contributed by atoms with van der Waals surface area (Å²) in [6.45, 7) is 3.63. The number of nitrogens with one attached hydrogen (secondary N) is 1. The van der Waals surface area contributed by atoms with Gasteiger partial charge in [0.05, 0.1) is 28.9 Å². The van der Waals surface area contributed by atoms with Crippen LogP contribution in [0.25, 0.3) is 0 Å². The van der Waals surface area contributed by atoms with Crippen molar-refractivity contribution in [3.8, 4) is 5.75 Å². The molecule has 0 radical (unpaired) electrons. The molecule has 0 aromatic heterocycles. The van der Waals surface area contributed by atoms with Crippen molar-refractivity contribution in [2.45, 2.75) is 38.0 Å². The molecule has 3 aromatic carbocycles. The Labute approximate surface area is 248 Å². The molecule has 0 spiro atoms. The number of aromatic hydroxyl groups is 1. The average Bonchev–Trinajstić information content (AvgIpc) is 3.39. The predicted octanol–water partition coefficient (Wildman–Crippen LogP) is 5.11. The fraction of sp³-hybridized carbons (Fsp3) is 0.294. The van der Waals surface area contributed by atoms with E-state index in [4.69, 9.17) is 11.6 Å². The number of phenols is 1. The molecule has 7 nitrogen and oxygen atoms in total. The molecule has 212 valence electrons. The van der Waals surface area contributed by atoms with Crippen molar-refractivity contribution in [1.82, 2.24) is 5.32 Å². The van der Waals surface area contributed by atoms with Gasteiger partial charge < -0.3 is 5.11 Å². The van der Waals surface area contributed by atoms with Crippen molar-refractivity contribution >= 4 is 40.9 Å². The summed E-state index contributed by atoms with van der Waals surface area (Å²) >= 11 is 6.33. The maximum atomic E-state index is 15.1. The van der Waals surface area contributed by atoms with E-state index in [9.17, 15) is 19.5 Å². The van der Waals surface area contributed by atoms with Crippen LogP contribution in [0.15, 0.2) is 78.4 Å². The zero-order valence-corrected chi connectivity index (χ0v) is 23.9. The van der Waals surface area contributed by atoms with E-state index in [2.05, 4.69) is 5.32 Å². The van der Waals surface area contributed by atoms with Crippen molar-refractivity contribution in [3.63, 3.8) is 0 Å². The van der Waals surface area contributed by atoms with Crippen LogP contribution in [0.2, 0.25) is 5.02 Å². The Morgan fingerprint density at radius 1 is 0.905 bits per heavy atom. The lowest BCUT2D eigenvalue weighted by Gasteiger charge is -2.51. The van der Waals surface area contributed by atoms with Gasteiger partial charge in [-0.15, -0.1) is 0 Å². The summed E-state index contributed by atoms with van der Waals surface area (Å²) < 4.78 is 0. The smallest absolute Gasteiger partial charge is 0.246 e. The van der Waals surface area contributed by atoms with Crippen LogP contribution in [0.5, 0.6) is 5.75 Å². The number of imide groups is 2. The van der Waals surface area contributed by atoms with E-state index < -0.39 is 35.0 Å². The number of fused-ring (bicyclic) bond motifs is 4. The number of nitrogens with zero attached hydrogens (tertiary/aromatic N) is 1. The molecule has 2 heterocycles. The Bertz CT molecular complexity index is 1710. The highest BCUT2D eigenvalue weighted by atomic mass is 35.5. The van der Waals surface area contributed by atoms with Crippen molar-refractivity contribution < 1.29 is 24.3 Å². The first-order valence-corrected chi connectivity index (χ1v) is 14.6.